The van der Waals surface area contributed by atoms with E-state index in [-0.39, 0.29) is 11.2 Å². The summed E-state index contributed by atoms with van der Waals surface area (Å²) in [4.78, 5) is 16.4. The minimum Gasteiger partial charge on any atom is -0.294 e. The van der Waals surface area contributed by atoms with Crippen molar-refractivity contribution in [3.05, 3.63) is 65.0 Å². The van der Waals surface area contributed by atoms with E-state index in [2.05, 4.69) is 37.9 Å². The summed E-state index contributed by atoms with van der Waals surface area (Å²) in [6, 6.07) is 12.0. The number of hydrogen-bond donors (Lipinski definition) is 0. The third kappa shape index (κ3) is 3.32. The molecule has 0 aliphatic rings. The number of Topliss-reactive ketones (excluding diaryl/α,β-unsaturated/α-hetero) is 1. The van der Waals surface area contributed by atoms with Gasteiger partial charge >= 0.3 is 0 Å². The van der Waals surface area contributed by atoms with Crippen molar-refractivity contribution in [2.45, 2.75) is 39.5 Å². The highest BCUT2D eigenvalue weighted by molar-refractivity contribution is 5.98. The van der Waals surface area contributed by atoms with E-state index in [0.717, 1.165) is 11.3 Å². The normalized spacial score (nSPS) is 11.4. The number of rotatable bonds is 3. The quantitative estimate of drug-likeness (QED) is 0.783. The minimum atomic E-state index is 0.124. The second kappa shape index (κ2) is 5.58. The van der Waals surface area contributed by atoms with Crippen LogP contribution in [0.5, 0.6) is 0 Å². The molecule has 2 aromatic rings. The van der Waals surface area contributed by atoms with Gasteiger partial charge in [-0.3, -0.25) is 9.78 Å². The van der Waals surface area contributed by atoms with Crippen LogP contribution >= 0.6 is 0 Å². The lowest BCUT2D eigenvalue weighted by molar-refractivity contribution is 0.0992. The van der Waals surface area contributed by atoms with Crippen LogP contribution in [0, 0.1) is 6.92 Å². The summed E-state index contributed by atoms with van der Waals surface area (Å²) in [5.74, 6) is 0.124. The van der Waals surface area contributed by atoms with Gasteiger partial charge < -0.3 is 0 Å². The first-order valence-corrected chi connectivity index (χ1v) is 6.92. The monoisotopic (exact) mass is 267 g/mol. The maximum atomic E-state index is 12.3. The molecule has 104 valence electrons. The number of nitrogens with zero attached hydrogens (tertiary/aromatic N) is 1. The smallest absolute Gasteiger partial charge is 0.169 e. The summed E-state index contributed by atoms with van der Waals surface area (Å²) < 4.78 is 0. The van der Waals surface area contributed by atoms with E-state index >= 15 is 0 Å². The second-order valence-electron chi connectivity index (χ2n) is 6.18. The van der Waals surface area contributed by atoms with Crippen LogP contribution in [-0.4, -0.2) is 10.8 Å². The Bertz CT molecular complexity index is 606. The zero-order valence-corrected chi connectivity index (χ0v) is 12.6. The summed E-state index contributed by atoms with van der Waals surface area (Å²) in [5.41, 5.74) is 3.98. The van der Waals surface area contributed by atoms with Gasteiger partial charge in [-0.25, -0.2) is 0 Å². The molecule has 0 N–H and O–H groups in total. The lowest BCUT2D eigenvalue weighted by atomic mass is 9.86. The number of ketones is 1. The number of carbonyl (C=O) groups is 1. The minimum absolute atomic E-state index is 0.124. The molecule has 0 saturated heterocycles. The molecule has 0 radical (unpaired) electrons. The molecule has 0 bridgehead atoms. The molecule has 0 aliphatic carbocycles. The van der Waals surface area contributed by atoms with Crippen LogP contribution in [0.15, 0.2) is 42.6 Å². The topological polar surface area (TPSA) is 30.0 Å². The number of hydrogen-bond acceptors (Lipinski definition) is 2. The molecule has 2 rings (SSSR count). The Labute approximate surface area is 120 Å². The molecule has 0 fully saturated rings. The van der Waals surface area contributed by atoms with Crippen LogP contribution in [0.1, 0.15) is 48.0 Å². The Morgan fingerprint density at radius 2 is 1.75 bits per heavy atom. The fourth-order valence-electron chi connectivity index (χ4n) is 2.18. The lowest BCUT2D eigenvalue weighted by Gasteiger charge is -2.19. The maximum Gasteiger partial charge on any atom is 0.169 e. The van der Waals surface area contributed by atoms with Crippen molar-refractivity contribution in [1.82, 2.24) is 4.98 Å². The molecule has 1 heterocycles. The van der Waals surface area contributed by atoms with Crippen molar-refractivity contribution < 1.29 is 4.79 Å². The van der Waals surface area contributed by atoms with Crippen molar-refractivity contribution in [2.24, 2.45) is 0 Å². The fourth-order valence-corrected chi connectivity index (χ4v) is 2.18. The van der Waals surface area contributed by atoms with Gasteiger partial charge in [0.25, 0.3) is 0 Å². The molecule has 0 spiro atoms. The molecule has 0 atom stereocenters. The molecular weight excluding hydrogens is 246 g/mol. The zero-order chi connectivity index (χ0) is 14.8. The van der Waals surface area contributed by atoms with Crippen LogP contribution < -0.4 is 0 Å². The van der Waals surface area contributed by atoms with E-state index in [1.807, 2.05) is 31.2 Å². The van der Waals surface area contributed by atoms with Crippen molar-refractivity contribution in [2.75, 3.05) is 0 Å². The summed E-state index contributed by atoms with van der Waals surface area (Å²) in [7, 11) is 0. The van der Waals surface area contributed by atoms with Crippen LogP contribution in [0.25, 0.3) is 0 Å². The first kappa shape index (κ1) is 14.4. The highest BCUT2D eigenvalue weighted by Crippen LogP contribution is 2.22. The Balaban J connectivity index is 2.15. The van der Waals surface area contributed by atoms with E-state index in [9.17, 15) is 4.79 Å². The summed E-state index contributed by atoms with van der Waals surface area (Å²) in [6.45, 7) is 8.43. The van der Waals surface area contributed by atoms with Gasteiger partial charge in [0.1, 0.15) is 0 Å². The number of aromatic nitrogens is 1. The highest BCUT2D eigenvalue weighted by Gasteiger charge is 2.14. The average molecular weight is 267 g/mol. The third-order valence-electron chi connectivity index (χ3n) is 3.49. The maximum absolute atomic E-state index is 12.3. The van der Waals surface area contributed by atoms with E-state index in [0.29, 0.717) is 12.0 Å². The van der Waals surface area contributed by atoms with Gasteiger partial charge in [-0.05, 0) is 35.6 Å². The van der Waals surface area contributed by atoms with Gasteiger partial charge in [-0.15, -0.1) is 0 Å². The van der Waals surface area contributed by atoms with Gasteiger partial charge in [0.2, 0.25) is 0 Å². The number of aryl methyl sites for hydroxylation is 1. The Hall–Kier alpha value is -1.96. The summed E-state index contributed by atoms with van der Waals surface area (Å²) >= 11 is 0. The predicted molar refractivity (Wildman–Crippen MR) is 82.2 cm³/mol. The number of carbonyl (C=O) groups excluding carboxylic acids is 1. The van der Waals surface area contributed by atoms with Gasteiger partial charge in [-0.1, -0.05) is 45.0 Å². The van der Waals surface area contributed by atoms with Crippen LogP contribution in [0.2, 0.25) is 0 Å². The summed E-state index contributed by atoms with van der Waals surface area (Å²) in [6.07, 6.45) is 2.14. The molecule has 0 unspecified atom stereocenters. The standard InChI is InChI=1S/C18H21NO/c1-13-16(6-5-11-19-13)17(20)12-14-7-9-15(10-8-14)18(2,3)4/h5-11H,12H2,1-4H3. The van der Waals surface area contributed by atoms with Gasteiger partial charge in [0.15, 0.2) is 5.78 Å². The van der Waals surface area contributed by atoms with Gasteiger partial charge in [0, 0.05) is 23.9 Å². The largest absolute Gasteiger partial charge is 0.294 e. The molecule has 1 aromatic heterocycles. The van der Waals surface area contributed by atoms with Crippen LogP contribution in [0.4, 0.5) is 0 Å². The van der Waals surface area contributed by atoms with Crippen LogP contribution in [-0.2, 0) is 11.8 Å². The van der Waals surface area contributed by atoms with Gasteiger partial charge in [0.05, 0.1) is 0 Å². The Morgan fingerprint density at radius 3 is 2.30 bits per heavy atom. The molecule has 2 heteroatoms. The number of pyridine rings is 1. The average Bonchev–Trinajstić information content (AvgIpc) is 2.38. The first-order chi connectivity index (χ1) is 9.38. The first-order valence-electron chi connectivity index (χ1n) is 6.92. The van der Waals surface area contributed by atoms with E-state index in [1.165, 1.54) is 5.56 Å². The molecule has 0 saturated carbocycles. The van der Waals surface area contributed by atoms with E-state index in [4.69, 9.17) is 0 Å². The Kier molecular flexibility index (Phi) is 4.03. The molecule has 20 heavy (non-hydrogen) atoms. The van der Waals surface area contributed by atoms with Crippen molar-refractivity contribution in [3.63, 3.8) is 0 Å². The molecule has 0 aliphatic heterocycles. The van der Waals surface area contributed by atoms with Crippen molar-refractivity contribution >= 4 is 5.78 Å². The molecule has 0 amide bonds. The van der Waals surface area contributed by atoms with Gasteiger partial charge in [-0.2, -0.15) is 0 Å². The van der Waals surface area contributed by atoms with Crippen molar-refractivity contribution in [3.8, 4) is 0 Å². The van der Waals surface area contributed by atoms with E-state index < -0.39 is 0 Å². The Morgan fingerprint density at radius 1 is 1.10 bits per heavy atom. The second-order valence-corrected chi connectivity index (χ2v) is 6.18. The highest BCUT2D eigenvalue weighted by atomic mass is 16.1. The summed E-state index contributed by atoms with van der Waals surface area (Å²) in [5, 5.41) is 0. The fraction of sp³-hybridized carbons (Fsp3) is 0.333. The number of benzene rings is 1. The zero-order valence-electron chi connectivity index (χ0n) is 12.6. The molecule has 2 nitrogen and oxygen atoms in total. The molecule has 1 aromatic carbocycles. The van der Waals surface area contributed by atoms with E-state index in [1.54, 1.807) is 6.20 Å². The third-order valence-corrected chi connectivity index (χ3v) is 3.49. The predicted octanol–water partition coefficient (Wildman–Crippen LogP) is 4.11. The van der Waals surface area contributed by atoms with Crippen LogP contribution in [0.3, 0.4) is 0 Å². The lowest BCUT2D eigenvalue weighted by Crippen LogP contribution is -2.11. The van der Waals surface area contributed by atoms with Crippen molar-refractivity contribution in [1.29, 1.82) is 0 Å². The SMILES string of the molecule is Cc1ncccc1C(=O)Cc1ccc(C(C)(C)C)cc1. The molecular formula is C18H21NO.